The summed E-state index contributed by atoms with van der Waals surface area (Å²) in [5.74, 6) is -0.439. The van der Waals surface area contributed by atoms with Gasteiger partial charge in [0.1, 0.15) is 5.82 Å². The van der Waals surface area contributed by atoms with Gasteiger partial charge in [-0.1, -0.05) is 12.1 Å². The van der Waals surface area contributed by atoms with Crippen molar-refractivity contribution in [1.29, 1.82) is 0 Å². The lowest BCUT2D eigenvalue weighted by molar-refractivity contribution is 0.601. The summed E-state index contributed by atoms with van der Waals surface area (Å²) >= 11 is 0. The van der Waals surface area contributed by atoms with Gasteiger partial charge in [0.15, 0.2) is 0 Å². The second kappa shape index (κ2) is 5.04. The molecule has 0 amide bonds. The highest BCUT2D eigenvalue weighted by molar-refractivity contribution is 7.92. The minimum Gasteiger partial charge on any atom is -0.384 e. The number of hydrogen-bond acceptors (Lipinski definition) is 3. The summed E-state index contributed by atoms with van der Waals surface area (Å²) < 4.78 is 40.7. The van der Waals surface area contributed by atoms with Crippen LogP contribution in [-0.2, 0) is 16.4 Å². The summed E-state index contributed by atoms with van der Waals surface area (Å²) in [5, 5.41) is 3.14. The normalized spacial score (nSPS) is 13.6. The van der Waals surface area contributed by atoms with Crippen molar-refractivity contribution in [2.45, 2.75) is 18.2 Å². The van der Waals surface area contributed by atoms with Gasteiger partial charge in [-0.2, -0.15) is 0 Å². The second-order valence-corrected chi connectivity index (χ2v) is 6.70. The number of nitrogens with one attached hydrogen (secondary N) is 2. The lowest BCUT2D eigenvalue weighted by atomic mass is 10.2. The number of sulfonamides is 1. The largest absolute Gasteiger partial charge is 0.384 e. The van der Waals surface area contributed by atoms with E-state index in [1.165, 1.54) is 19.1 Å². The lowest BCUT2D eigenvalue weighted by Crippen LogP contribution is -2.14. The van der Waals surface area contributed by atoms with Crippen molar-refractivity contribution in [2.75, 3.05) is 16.6 Å². The summed E-state index contributed by atoms with van der Waals surface area (Å²) in [4.78, 5) is 0.166. The maximum absolute atomic E-state index is 13.5. The number of rotatable bonds is 3. The van der Waals surface area contributed by atoms with Crippen LogP contribution in [0.25, 0.3) is 0 Å². The van der Waals surface area contributed by atoms with Crippen LogP contribution in [0.3, 0.4) is 0 Å². The Labute approximate surface area is 123 Å². The zero-order chi connectivity index (χ0) is 15.0. The average Bonchev–Trinajstić information content (AvgIpc) is 2.91. The van der Waals surface area contributed by atoms with Gasteiger partial charge in [0.25, 0.3) is 10.0 Å². The van der Waals surface area contributed by atoms with E-state index in [9.17, 15) is 12.8 Å². The van der Waals surface area contributed by atoms with E-state index in [2.05, 4.69) is 10.0 Å². The van der Waals surface area contributed by atoms with E-state index in [1.807, 2.05) is 6.07 Å². The molecule has 0 atom stereocenters. The molecule has 110 valence electrons. The molecule has 0 saturated heterocycles. The van der Waals surface area contributed by atoms with Crippen LogP contribution in [0.2, 0.25) is 0 Å². The Kier molecular flexibility index (Phi) is 3.33. The molecule has 6 heteroatoms. The molecule has 1 aliphatic heterocycles. The van der Waals surface area contributed by atoms with Gasteiger partial charge in [0.2, 0.25) is 0 Å². The highest BCUT2D eigenvalue weighted by atomic mass is 32.2. The van der Waals surface area contributed by atoms with Crippen LogP contribution < -0.4 is 10.0 Å². The van der Waals surface area contributed by atoms with Gasteiger partial charge in [-0.15, -0.1) is 0 Å². The second-order valence-electron chi connectivity index (χ2n) is 5.01. The fourth-order valence-corrected chi connectivity index (χ4v) is 3.51. The Morgan fingerprint density at radius 1 is 1.24 bits per heavy atom. The standard InChI is InChI=1S/C15H15FN2O2S/c1-10-13(16)3-2-4-14(10)18-21(19,20)12-6-5-11-7-8-17-15(11)9-12/h2-6,9,17-18H,7-8H2,1H3. The quantitative estimate of drug-likeness (QED) is 0.916. The summed E-state index contributed by atoms with van der Waals surface area (Å²) in [7, 11) is -3.73. The Hall–Kier alpha value is -2.08. The summed E-state index contributed by atoms with van der Waals surface area (Å²) in [6, 6.07) is 9.31. The molecule has 3 rings (SSSR count). The molecule has 0 saturated carbocycles. The van der Waals surface area contributed by atoms with E-state index in [0.29, 0.717) is 0 Å². The summed E-state index contributed by atoms with van der Waals surface area (Å²) in [6.45, 7) is 2.35. The minimum atomic E-state index is -3.73. The van der Waals surface area contributed by atoms with Gasteiger partial charge in [-0.05, 0) is 43.2 Å². The lowest BCUT2D eigenvalue weighted by Gasteiger charge is -2.12. The van der Waals surface area contributed by atoms with Gasteiger partial charge >= 0.3 is 0 Å². The highest BCUT2D eigenvalue weighted by Crippen LogP contribution is 2.27. The Morgan fingerprint density at radius 2 is 2.05 bits per heavy atom. The molecule has 0 aliphatic carbocycles. The smallest absolute Gasteiger partial charge is 0.261 e. The van der Waals surface area contributed by atoms with Crippen molar-refractivity contribution < 1.29 is 12.8 Å². The van der Waals surface area contributed by atoms with Gasteiger partial charge in [0.05, 0.1) is 10.6 Å². The molecule has 2 aromatic rings. The predicted octanol–water partition coefficient (Wildman–Crippen LogP) is 2.90. The number of hydrogen-bond donors (Lipinski definition) is 2. The first-order valence-electron chi connectivity index (χ1n) is 6.62. The zero-order valence-electron chi connectivity index (χ0n) is 11.5. The zero-order valence-corrected chi connectivity index (χ0v) is 12.3. The van der Waals surface area contributed by atoms with Crippen molar-refractivity contribution >= 4 is 21.4 Å². The van der Waals surface area contributed by atoms with Crippen LogP contribution in [-0.4, -0.2) is 15.0 Å². The van der Waals surface area contributed by atoms with E-state index >= 15 is 0 Å². The Bertz CT molecular complexity index is 803. The number of fused-ring (bicyclic) bond motifs is 1. The van der Waals surface area contributed by atoms with Crippen LogP contribution in [0.4, 0.5) is 15.8 Å². The molecule has 1 heterocycles. The van der Waals surface area contributed by atoms with E-state index in [0.717, 1.165) is 24.2 Å². The molecule has 21 heavy (non-hydrogen) atoms. The fraction of sp³-hybridized carbons (Fsp3) is 0.200. The SMILES string of the molecule is Cc1c(F)cccc1NS(=O)(=O)c1ccc2c(c1)NCC2. The van der Waals surface area contributed by atoms with Crippen molar-refractivity contribution in [3.05, 3.63) is 53.3 Å². The first-order valence-corrected chi connectivity index (χ1v) is 8.10. The third kappa shape index (κ3) is 2.58. The average molecular weight is 306 g/mol. The predicted molar refractivity (Wildman–Crippen MR) is 80.6 cm³/mol. The third-order valence-electron chi connectivity index (χ3n) is 3.61. The summed E-state index contributed by atoms with van der Waals surface area (Å²) in [5.41, 5.74) is 2.48. The number of anilines is 2. The topological polar surface area (TPSA) is 58.2 Å². The van der Waals surface area contributed by atoms with Gasteiger partial charge in [0, 0.05) is 17.8 Å². The van der Waals surface area contributed by atoms with Crippen molar-refractivity contribution in [3.63, 3.8) is 0 Å². The van der Waals surface area contributed by atoms with Crippen molar-refractivity contribution in [3.8, 4) is 0 Å². The van der Waals surface area contributed by atoms with Gasteiger partial charge < -0.3 is 5.32 Å². The number of halogens is 1. The van der Waals surface area contributed by atoms with Gasteiger partial charge in [-0.3, -0.25) is 4.72 Å². The maximum atomic E-state index is 13.5. The molecule has 2 N–H and O–H groups in total. The van der Waals surface area contributed by atoms with Gasteiger partial charge in [-0.25, -0.2) is 12.8 Å². The van der Waals surface area contributed by atoms with Crippen molar-refractivity contribution in [2.24, 2.45) is 0 Å². The monoisotopic (exact) mass is 306 g/mol. The van der Waals surface area contributed by atoms with E-state index in [-0.39, 0.29) is 16.1 Å². The molecule has 4 nitrogen and oxygen atoms in total. The van der Waals surface area contributed by atoms with Crippen LogP contribution >= 0.6 is 0 Å². The van der Waals surface area contributed by atoms with E-state index in [1.54, 1.807) is 18.2 Å². The molecule has 0 unspecified atom stereocenters. The van der Waals surface area contributed by atoms with E-state index in [4.69, 9.17) is 0 Å². The van der Waals surface area contributed by atoms with Crippen LogP contribution in [0, 0.1) is 12.7 Å². The fourth-order valence-electron chi connectivity index (χ4n) is 2.36. The third-order valence-corrected chi connectivity index (χ3v) is 4.98. The first-order chi connectivity index (χ1) is 9.97. The molecule has 0 bridgehead atoms. The Morgan fingerprint density at radius 3 is 2.86 bits per heavy atom. The number of benzene rings is 2. The van der Waals surface area contributed by atoms with Crippen LogP contribution in [0.15, 0.2) is 41.3 Å². The maximum Gasteiger partial charge on any atom is 0.261 e. The molecule has 2 aromatic carbocycles. The molecule has 0 radical (unpaired) electrons. The van der Waals surface area contributed by atoms with Crippen LogP contribution in [0.5, 0.6) is 0 Å². The minimum absolute atomic E-state index is 0.166. The summed E-state index contributed by atoms with van der Waals surface area (Å²) in [6.07, 6.45) is 0.895. The molecular formula is C15H15FN2O2S. The highest BCUT2D eigenvalue weighted by Gasteiger charge is 2.19. The molecular weight excluding hydrogens is 291 g/mol. The first kappa shape index (κ1) is 13.9. The Balaban J connectivity index is 1.96. The molecule has 0 spiro atoms. The van der Waals surface area contributed by atoms with Crippen molar-refractivity contribution in [1.82, 2.24) is 0 Å². The van der Waals surface area contributed by atoms with E-state index < -0.39 is 15.8 Å². The molecule has 1 aliphatic rings. The van der Waals surface area contributed by atoms with Crippen LogP contribution in [0.1, 0.15) is 11.1 Å². The molecule has 0 aromatic heterocycles. The molecule has 0 fully saturated rings.